The molecule has 0 aliphatic heterocycles. The molecule has 90 valence electrons. The van der Waals surface area contributed by atoms with Gasteiger partial charge in [-0.2, -0.15) is 5.26 Å². The van der Waals surface area contributed by atoms with Gasteiger partial charge in [0.2, 0.25) is 0 Å². The van der Waals surface area contributed by atoms with Gasteiger partial charge in [0.15, 0.2) is 0 Å². The average Bonchev–Trinajstić information content (AvgIpc) is 2.39. The Labute approximate surface area is 101 Å². The van der Waals surface area contributed by atoms with Crippen LogP contribution in [0.15, 0.2) is 36.5 Å². The minimum absolute atomic E-state index is 0.00251. The van der Waals surface area contributed by atoms with Crippen molar-refractivity contribution in [2.75, 3.05) is 0 Å². The number of halogens is 3. The second kappa shape index (κ2) is 4.88. The monoisotopic (exact) mass is 248 g/mol. The molecule has 0 spiro atoms. The molecule has 2 aromatic rings. The van der Waals surface area contributed by atoms with E-state index in [1.165, 1.54) is 30.5 Å². The van der Waals surface area contributed by atoms with Crippen molar-refractivity contribution in [3.8, 4) is 17.3 Å². The van der Waals surface area contributed by atoms with Gasteiger partial charge in [-0.15, -0.1) is 0 Å². The van der Waals surface area contributed by atoms with Crippen molar-refractivity contribution in [3.63, 3.8) is 0 Å². The van der Waals surface area contributed by atoms with E-state index in [0.29, 0.717) is 5.56 Å². The first-order chi connectivity index (χ1) is 8.63. The lowest BCUT2D eigenvalue weighted by atomic mass is 10.1. The number of nitriles is 1. The third-order valence-electron chi connectivity index (χ3n) is 2.43. The molecule has 0 aliphatic carbocycles. The van der Waals surface area contributed by atoms with Gasteiger partial charge in [0, 0.05) is 11.8 Å². The van der Waals surface area contributed by atoms with Gasteiger partial charge < -0.3 is 0 Å². The van der Waals surface area contributed by atoms with Crippen molar-refractivity contribution in [1.82, 2.24) is 4.98 Å². The smallest absolute Gasteiger partial charge is 0.255 e. The molecule has 0 unspecified atom stereocenters. The van der Waals surface area contributed by atoms with E-state index in [1.807, 2.05) is 6.07 Å². The molecule has 0 radical (unpaired) electrons. The molecule has 0 atom stereocenters. The fourth-order valence-corrected chi connectivity index (χ4v) is 1.54. The molecule has 0 fully saturated rings. The van der Waals surface area contributed by atoms with Gasteiger partial charge in [-0.25, -0.2) is 13.2 Å². The molecule has 0 N–H and O–H groups in total. The number of aromatic nitrogens is 1. The number of benzene rings is 1. The van der Waals surface area contributed by atoms with Crippen molar-refractivity contribution < 1.29 is 13.2 Å². The van der Waals surface area contributed by atoms with E-state index in [-0.39, 0.29) is 11.3 Å². The van der Waals surface area contributed by atoms with E-state index >= 15 is 0 Å². The fourth-order valence-electron chi connectivity index (χ4n) is 1.54. The maximum absolute atomic E-state index is 13.8. The third-order valence-corrected chi connectivity index (χ3v) is 2.43. The Hall–Kier alpha value is -2.35. The van der Waals surface area contributed by atoms with Gasteiger partial charge in [-0.05, 0) is 18.2 Å². The Bertz CT molecular complexity index is 601. The van der Waals surface area contributed by atoms with E-state index in [2.05, 4.69) is 4.98 Å². The van der Waals surface area contributed by atoms with Crippen LogP contribution in [-0.2, 0) is 0 Å². The second-order valence-electron chi connectivity index (χ2n) is 3.55. The second-order valence-corrected chi connectivity index (χ2v) is 3.55. The molecule has 0 aliphatic rings. The topological polar surface area (TPSA) is 36.7 Å². The van der Waals surface area contributed by atoms with Gasteiger partial charge in [-0.3, -0.25) is 4.98 Å². The van der Waals surface area contributed by atoms with Crippen LogP contribution in [0, 0.1) is 17.1 Å². The first-order valence-electron chi connectivity index (χ1n) is 5.06. The Morgan fingerprint density at radius 1 is 1.17 bits per heavy atom. The summed E-state index contributed by atoms with van der Waals surface area (Å²) in [6.07, 6.45) is -1.60. The van der Waals surface area contributed by atoms with E-state index in [9.17, 15) is 13.2 Å². The van der Waals surface area contributed by atoms with Crippen LogP contribution in [0.4, 0.5) is 13.2 Å². The standard InChI is InChI=1S/C13H7F3N2/c14-12-9(2-1-3-10(12)13(15)16)11-5-4-8(6-17)7-18-11/h1-5,7,13H. The zero-order valence-electron chi connectivity index (χ0n) is 9.07. The molecular formula is C13H7F3N2. The summed E-state index contributed by atoms with van der Waals surface area (Å²) in [5.41, 5.74) is -0.117. The Morgan fingerprint density at radius 3 is 2.50 bits per heavy atom. The predicted octanol–water partition coefficient (Wildman–Crippen LogP) is 3.70. The highest BCUT2D eigenvalue weighted by Gasteiger charge is 2.17. The summed E-state index contributed by atoms with van der Waals surface area (Å²) >= 11 is 0. The summed E-state index contributed by atoms with van der Waals surface area (Å²) in [6.45, 7) is 0. The summed E-state index contributed by atoms with van der Waals surface area (Å²) < 4.78 is 38.9. The van der Waals surface area contributed by atoms with Gasteiger partial charge in [0.25, 0.3) is 6.43 Å². The molecule has 5 heteroatoms. The molecule has 2 nitrogen and oxygen atoms in total. The molecule has 0 saturated carbocycles. The lowest BCUT2D eigenvalue weighted by molar-refractivity contribution is 0.146. The Balaban J connectivity index is 2.51. The van der Waals surface area contributed by atoms with Gasteiger partial charge in [0.1, 0.15) is 11.9 Å². The first-order valence-corrected chi connectivity index (χ1v) is 5.06. The maximum atomic E-state index is 13.8. The lowest BCUT2D eigenvalue weighted by Gasteiger charge is -2.07. The van der Waals surface area contributed by atoms with Crippen LogP contribution in [0.2, 0.25) is 0 Å². The van der Waals surface area contributed by atoms with Crippen LogP contribution in [-0.4, -0.2) is 4.98 Å². The van der Waals surface area contributed by atoms with Crippen LogP contribution in [0.5, 0.6) is 0 Å². The zero-order valence-corrected chi connectivity index (χ0v) is 9.07. The predicted molar refractivity (Wildman–Crippen MR) is 59.3 cm³/mol. The van der Waals surface area contributed by atoms with Crippen molar-refractivity contribution in [2.45, 2.75) is 6.43 Å². The average molecular weight is 248 g/mol. The molecule has 1 aromatic heterocycles. The van der Waals surface area contributed by atoms with E-state index < -0.39 is 17.8 Å². The maximum Gasteiger partial charge on any atom is 0.266 e. The highest BCUT2D eigenvalue weighted by atomic mass is 19.3. The van der Waals surface area contributed by atoms with Crippen LogP contribution in [0.25, 0.3) is 11.3 Å². The van der Waals surface area contributed by atoms with Crippen LogP contribution < -0.4 is 0 Å². The summed E-state index contributed by atoms with van der Waals surface area (Å²) in [7, 11) is 0. The van der Waals surface area contributed by atoms with Crippen LogP contribution in [0.3, 0.4) is 0 Å². The Kier molecular flexibility index (Phi) is 3.28. The molecule has 0 bridgehead atoms. The highest BCUT2D eigenvalue weighted by molar-refractivity contribution is 5.61. The van der Waals surface area contributed by atoms with Crippen molar-refractivity contribution in [2.24, 2.45) is 0 Å². The first kappa shape index (κ1) is 12.1. The van der Waals surface area contributed by atoms with E-state index in [0.717, 1.165) is 6.07 Å². The van der Waals surface area contributed by atoms with Crippen molar-refractivity contribution in [3.05, 3.63) is 53.5 Å². The summed E-state index contributed by atoms with van der Waals surface area (Å²) in [5, 5.41) is 8.61. The van der Waals surface area contributed by atoms with Crippen LogP contribution in [0.1, 0.15) is 17.6 Å². The summed E-state index contributed by atoms with van der Waals surface area (Å²) in [6, 6.07) is 8.50. The number of rotatable bonds is 2. The number of pyridine rings is 1. The normalized spacial score (nSPS) is 10.4. The fraction of sp³-hybridized carbons (Fsp3) is 0.0769. The van der Waals surface area contributed by atoms with Gasteiger partial charge in [0.05, 0.1) is 16.8 Å². The molecule has 0 amide bonds. The molecule has 2 rings (SSSR count). The van der Waals surface area contributed by atoms with Crippen LogP contribution >= 0.6 is 0 Å². The quantitative estimate of drug-likeness (QED) is 0.812. The molecule has 1 aromatic carbocycles. The Morgan fingerprint density at radius 2 is 1.94 bits per heavy atom. The van der Waals surface area contributed by atoms with E-state index in [4.69, 9.17) is 5.26 Å². The minimum atomic E-state index is -2.87. The minimum Gasteiger partial charge on any atom is -0.255 e. The summed E-state index contributed by atoms with van der Waals surface area (Å²) in [4.78, 5) is 3.87. The third kappa shape index (κ3) is 2.18. The number of hydrogen-bond acceptors (Lipinski definition) is 2. The van der Waals surface area contributed by atoms with E-state index in [1.54, 1.807) is 0 Å². The van der Waals surface area contributed by atoms with Crippen molar-refractivity contribution >= 4 is 0 Å². The number of hydrogen-bond donors (Lipinski definition) is 0. The lowest BCUT2D eigenvalue weighted by Crippen LogP contribution is -1.95. The molecule has 1 heterocycles. The highest BCUT2D eigenvalue weighted by Crippen LogP contribution is 2.29. The van der Waals surface area contributed by atoms with Gasteiger partial charge >= 0.3 is 0 Å². The molecule has 18 heavy (non-hydrogen) atoms. The summed E-state index contributed by atoms with van der Waals surface area (Å²) in [5.74, 6) is -0.982. The van der Waals surface area contributed by atoms with Crippen molar-refractivity contribution in [1.29, 1.82) is 5.26 Å². The largest absolute Gasteiger partial charge is 0.266 e. The zero-order chi connectivity index (χ0) is 13.1. The SMILES string of the molecule is N#Cc1ccc(-c2cccc(C(F)F)c2F)nc1. The van der Waals surface area contributed by atoms with Gasteiger partial charge in [-0.1, -0.05) is 12.1 Å². The number of alkyl halides is 2. The molecule has 0 saturated heterocycles. The molecular weight excluding hydrogens is 241 g/mol. The number of nitrogens with zero attached hydrogens (tertiary/aromatic N) is 2.